The zero-order chi connectivity index (χ0) is 9.83. The molecule has 0 amide bonds. The molecule has 0 aromatic heterocycles. The van der Waals surface area contributed by atoms with E-state index in [-0.39, 0.29) is 0 Å². The predicted molar refractivity (Wildman–Crippen MR) is 60.6 cm³/mol. The van der Waals surface area contributed by atoms with Crippen LogP contribution in [-0.4, -0.2) is 14.5 Å². The molecule has 0 unspecified atom stereocenters. The van der Waals surface area contributed by atoms with Crippen molar-refractivity contribution in [1.29, 1.82) is 0 Å². The molecule has 0 aliphatic rings. The summed E-state index contributed by atoms with van der Waals surface area (Å²) < 4.78 is 4.73. The van der Waals surface area contributed by atoms with Gasteiger partial charge in [-0.05, 0) is 30.8 Å². The quantitative estimate of drug-likeness (QED) is 0.467. The largest absolute Gasteiger partial charge is 0.333 e. The standard InChI is InChI=1S/C10H23NSi/c1-7-8-9-11-12(5,6)10(2,3)4/h9H,7-8H2,1-6H3/b11-9+. The molecule has 72 valence electrons. The van der Waals surface area contributed by atoms with Crippen molar-refractivity contribution in [1.82, 2.24) is 0 Å². The van der Waals surface area contributed by atoms with Crippen LogP contribution in [0.1, 0.15) is 40.5 Å². The SMILES string of the molecule is CCC/C=N/[Si](C)(C)C(C)(C)C. The number of unbranched alkanes of at least 4 members (excludes halogenated alkanes) is 1. The highest BCUT2D eigenvalue weighted by molar-refractivity contribution is 6.79. The van der Waals surface area contributed by atoms with Gasteiger partial charge in [-0.25, -0.2) is 0 Å². The molecule has 0 bridgehead atoms. The molecule has 0 radical (unpaired) electrons. The van der Waals surface area contributed by atoms with E-state index in [1.165, 1.54) is 6.42 Å². The van der Waals surface area contributed by atoms with E-state index in [0.29, 0.717) is 5.04 Å². The molecule has 2 heteroatoms. The van der Waals surface area contributed by atoms with E-state index >= 15 is 0 Å². The first-order chi connectivity index (χ1) is 5.31. The van der Waals surface area contributed by atoms with Crippen molar-refractivity contribution in [3.63, 3.8) is 0 Å². The summed E-state index contributed by atoms with van der Waals surface area (Å²) in [4.78, 5) is 0. The summed E-state index contributed by atoms with van der Waals surface area (Å²) >= 11 is 0. The molecule has 0 N–H and O–H groups in total. The first-order valence-corrected chi connectivity index (χ1v) is 7.79. The van der Waals surface area contributed by atoms with Gasteiger partial charge in [0.25, 0.3) is 0 Å². The van der Waals surface area contributed by atoms with Gasteiger partial charge in [-0.15, -0.1) is 0 Å². The Morgan fingerprint density at radius 1 is 1.25 bits per heavy atom. The molecule has 12 heavy (non-hydrogen) atoms. The smallest absolute Gasteiger partial charge is 0.179 e. The normalized spacial score (nSPS) is 14.2. The third-order valence-corrected chi connectivity index (χ3v) is 7.17. The Morgan fingerprint density at radius 3 is 2.08 bits per heavy atom. The van der Waals surface area contributed by atoms with Gasteiger partial charge in [0.1, 0.15) is 0 Å². The van der Waals surface area contributed by atoms with Crippen LogP contribution in [0.15, 0.2) is 4.66 Å². The Hall–Kier alpha value is -0.113. The second kappa shape index (κ2) is 4.22. The molecule has 0 aliphatic carbocycles. The summed E-state index contributed by atoms with van der Waals surface area (Å²) in [6.45, 7) is 13.7. The summed E-state index contributed by atoms with van der Waals surface area (Å²) in [7, 11) is -1.37. The molecule has 0 heterocycles. The fraction of sp³-hybridized carbons (Fsp3) is 0.900. The number of rotatable bonds is 3. The fourth-order valence-electron chi connectivity index (χ4n) is 0.616. The van der Waals surface area contributed by atoms with Crippen molar-refractivity contribution >= 4 is 14.5 Å². The lowest BCUT2D eigenvalue weighted by molar-refractivity contribution is 0.718. The number of hydrogen-bond acceptors (Lipinski definition) is 1. The lowest BCUT2D eigenvalue weighted by Crippen LogP contribution is -2.35. The molecule has 0 aromatic rings. The maximum Gasteiger partial charge on any atom is 0.179 e. The average Bonchev–Trinajstić information content (AvgIpc) is 1.85. The van der Waals surface area contributed by atoms with Gasteiger partial charge >= 0.3 is 0 Å². The van der Waals surface area contributed by atoms with E-state index in [9.17, 15) is 0 Å². The molecule has 0 aromatic carbocycles. The van der Waals surface area contributed by atoms with Crippen molar-refractivity contribution in [3.8, 4) is 0 Å². The summed E-state index contributed by atoms with van der Waals surface area (Å²) in [5, 5.41) is 0.386. The van der Waals surface area contributed by atoms with Crippen molar-refractivity contribution < 1.29 is 0 Å². The van der Waals surface area contributed by atoms with Crippen LogP contribution in [0.5, 0.6) is 0 Å². The molecular formula is C10H23NSi. The summed E-state index contributed by atoms with van der Waals surface area (Å²) in [6, 6.07) is 0. The predicted octanol–water partition coefficient (Wildman–Crippen LogP) is 3.86. The molecule has 1 nitrogen and oxygen atoms in total. The Bertz CT molecular complexity index is 154. The van der Waals surface area contributed by atoms with E-state index in [1.807, 2.05) is 0 Å². The highest BCUT2D eigenvalue weighted by Crippen LogP contribution is 2.36. The first kappa shape index (κ1) is 11.9. The molecule has 0 atom stereocenters. The van der Waals surface area contributed by atoms with Gasteiger partial charge in [0.2, 0.25) is 0 Å². The Labute approximate surface area is 78.4 Å². The van der Waals surface area contributed by atoms with E-state index < -0.39 is 8.24 Å². The second-order valence-electron chi connectivity index (χ2n) is 4.91. The molecule has 0 spiro atoms. The molecule has 0 aliphatic heterocycles. The third-order valence-electron chi connectivity index (χ3n) is 2.67. The second-order valence-corrected chi connectivity index (χ2v) is 9.79. The van der Waals surface area contributed by atoms with E-state index in [1.54, 1.807) is 0 Å². The first-order valence-electron chi connectivity index (χ1n) is 4.85. The molecule has 0 saturated heterocycles. The van der Waals surface area contributed by atoms with Crippen LogP contribution in [0.4, 0.5) is 0 Å². The van der Waals surface area contributed by atoms with Crippen LogP contribution in [-0.2, 0) is 0 Å². The molecular weight excluding hydrogens is 162 g/mol. The maximum absolute atomic E-state index is 4.73. The van der Waals surface area contributed by atoms with Gasteiger partial charge in [-0.1, -0.05) is 34.1 Å². The van der Waals surface area contributed by atoms with Gasteiger partial charge in [-0.3, -0.25) is 0 Å². The lowest BCUT2D eigenvalue weighted by atomic mass is 10.2. The van der Waals surface area contributed by atoms with Crippen molar-refractivity contribution in [2.45, 2.75) is 58.7 Å². The van der Waals surface area contributed by atoms with Crippen LogP contribution in [0.3, 0.4) is 0 Å². The maximum atomic E-state index is 4.73. The summed E-state index contributed by atoms with van der Waals surface area (Å²) in [5.74, 6) is 0. The van der Waals surface area contributed by atoms with Crippen molar-refractivity contribution in [2.75, 3.05) is 0 Å². The molecule has 0 saturated carbocycles. The minimum atomic E-state index is -1.37. The Kier molecular flexibility index (Phi) is 4.18. The zero-order valence-electron chi connectivity index (χ0n) is 9.44. The van der Waals surface area contributed by atoms with Gasteiger partial charge in [0.15, 0.2) is 8.24 Å². The number of hydrogen-bond donors (Lipinski definition) is 0. The Balaban J connectivity index is 4.22. The minimum absolute atomic E-state index is 0.386. The van der Waals surface area contributed by atoms with Gasteiger partial charge in [0, 0.05) is 0 Å². The van der Waals surface area contributed by atoms with Crippen LogP contribution >= 0.6 is 0 Å². The average molecular weight is 185 g/mol. The third kappa shape index (κ3) is 3.52. The van der Waals surface area contributed by atoms with Crippen molar-refractivity contribution in [2.24, 2.45) is 4.66 Å². The van der Waals surface area contributed by atoms with E-state index in [4.69, 9.17) is 4.66 Å². The highest BCUT2D eigenvalue weighted by atomic mass is 28.3. The summed E-state index contributed by atoms with van der Waals surface area (Å²) in [6.07, 6.45) is 4.46. The van der Waals surface area contributed by atoms with Crippen LogP contribution in [0.25, 0.3) is 0 Å². The highest BCUT2D eigenvalue weighted by Gasteiger charge is 2.34. The van der Waals surface area contributed by atoms with Gasteiger partial charge in [-0.2, -0.15) is 0 Å². The lowest BCUT2D eigenvalue weighted by Gasteiger charge is -2.32. The topological polar surface area (TPSA) is 12.4 Å². The van der Waals surface area contributed by atoms with E-state index in [2.05, 4.69) is 47.0 Å². The zero-order valence-corrected chi connectivity index (χ0v) is 10.4. The fourth-order valence-corrected chi connectivity index (χ4v) is 1.59. The molecule has 0 rings (SSSR count). The van der Waals surface area contributed by atoms with Gasteiger partial charge in [0.05, 0.1) is 0 Å². The van der Waals surface area contributed by atoms with E-state index in [0.717, 1.165) is 6.42 Å². The summed E-state index contributed by atoms with van der Waals surface area (Å²) in [5.41, 5.74) is 0. The van der Waals surface area contributed by atoms with Crippen LogP contribution in [0, 0.1) is 0 Å². The van der Waals surface area contributed by atoms with Crippen molar-refractivity contribution in [3.05, 3.63) is 0 Å². The molecule has 0 fully saturated rings. The van der Waals surface area contributed by atoms with Crippen LogP contribution in [0.2, 0.25) is 18.1 Å². The van der Waals surface area contributed by atoms with Crippen LogP contribution < -0.4 is 0 Å². The number of nitrogens with zero attached hydrogens (tertiary/aromatic N) is 1. The monoisotopic (exact) mass is 185 g/mol. The van der Waals surface area contributed by atoms with Gasteiger partial charge < -0.3 is 4.66 Å². The minimum Gasteiger partial charge on any atom is -0.333 e. The Morgan fingerprint density at radius 2 is 1.75 bits per heavy atom.